The summed E-state index contributed by atoms with van der Waals surface area (Å²) in [5.41, 5.74) is 1.81. The average Bonchev–Trinajstić information content (AvgIpc) is 3.09. The van der Waals surface area contributed by atoms with Crippen LogP contribution in [-0.4, -0.2) is 16.0 Å². The van der Waals surface area contributed by atoms with Gasteiger partial charge in [0.25, 0.3) is 5.91 Å². The zero-order valence-corrected chi connectivity index (χ0v) is 12.2. The number of benzene rings is 1. The fourth-order valence-corrected chi connectivity index (χ4v) is 2.23. The standard InChI is InChI=1S/C16H12ClN3O2/c17-13-3-1-11(2-4-13)15(12-5-8-18-9-6-12)20-16(21)14-7-10-19-22-14/h1-10,15H,(H,20,21)/t15-/m1/s1. The van der Waals surface area contributed by atoms with E-state index < -0.39 is 0 Å². The third-order valence-corrected chi connectivity index (χ3v) is 3.43. The minimum absolute atomic E-state index is 0.160. The number of aromatic nitrogens is 2. The summed E-state index contributed by atoms with van der Waals surface area (Å²) in [6.45, 7) is 0. The zero-order chi connectivity index (χ0) is 15.4. The SMILES string of the molecule is O=C(N[C@@H](c1ccncc1)c1ccc(Cl)cc1)c1ccno1. The normalized spacial score (nSPS) is 11.9. The minimum Gasteiger partial charge on any atom is -0.351 e. The van der Waals surface area contributed by atoms with Crippen LogP contribution in [0.25, 0.3) is 0 Å². The van der Waals surface area contributed by atoms with Crippen LogP contribution in [0, 0.1) is 0 Å². The minimum atomic E-state index is -0.339. The van der Waals surface area contributed by atoms with Crippen molar-refractivity contribution in [2.75, 3.05) is 0 Å². The topological polar surface area (TPSA) is 68.0 Å². The van der Waals surface area contributed by atoms with Gasteiger partial charge in [0, 0.05) is 23.5 Å². The number of rotatable bonds is 4. The van der Waals surface area contributed by atoms with E-state index in [0.29, 0.717) is 5.02 Å². The maximum Gasteiger partial charge on any atom is 0.290 e. The highest BCUT2D eigenvalue weighted by atomic mass is 35.5. The third kappa shape index (κ3) is 3.15. The molecule has 110 valence electrons. The van der Waals surface area contributed by atoms with E-state index >= 15 is 0 Å². The van der Waals surface area contributed by atoms with Gasteiger partial charge >= 0.3 is 0 Å². The smallest absolute Gasteiger partial charge is 0.290 e. The van der Waals surface area contributed by atoms with E-state index in [1.165, 1.54) is 12.3 Å². The Morgan fingerprint density at radius 2 is 1.68 bits per heavy atom. The van der Waals surface area contributed by atoms with Crippen molar-refractivity contribution in [3.8, 4) is 0 Å². The fourth-order valence-electron chi connectivity index (χ4n) is 2.11. The Bertz CT molecular complexity index is 743. The molecule has 22 heavy (non-hydrogen) atoms. The molecular formula is C16H12ClN3O2. The zero-order valence-electron chi connectivity index (χ0n) is 11.4. The summed E-state index contributed by atoms with van der Waals surface area (Å²) in [5, 5.41) is 7.11. The third-order valence-electron chi connectivity index (χ3n) is 3.18. The van der Waals surface area contributed by atoms with Gasteiger partial charge in [0.1, 0.15) is 0 Å². The van der Waals surface area contributed by atoms with Crippen molar-refractivity contribution in [3.05, 3.63) is 83.0 Å². The maximum atomic E-state index is 12.2. The highest BCUT2D eigenvalue weighted by Crippen LogP contribution is 2.23. The van der Waals surface area contributed by atoms with Crippen LogP contribution in [-0.2, 0) is 0 Å². The van der Waals surface area contributed by atoms with E-state index in [2.05, 4.69) is 15.5 Å². The number of amides is 1. The van der Waals surface area contributed by atoms with E-state index in [1.54, 1.807) is 24.5 Å². The summed E-state index contributed by atoms with van der Waals surface area (Å²) >= 11 is 5.93. The van der Waals surface area contributed by atoms with Gasteiger partial charge in [0.05, 0.1) is 12.2 Å². The molecule has 5 nitrogen and oxygen atoms in total. The molecule has 2 aromatic heterocycles. The van der Waals surface area contributed by atoms with Crippen LogP contribution in [0.15, 0.2) is 65.6 Å². The molecule has 0 spiro atoms. The highest BCUT2D eigenvalue weighted by molar-refractivity contribution is 6.30. The number of hydrogen-bond donors (Lipinski definition) is 1. The Balaban J connectivity index is 1.93. The van der Waals surface area contributed by atoms with Crippen LogP contribution >= 0.6 is 11.6 Å². The Hall–Kier alpha value is -2.66. The molecule has 2 heterocycles. The fraction of sp³-hybridized carbons (Fsp3) is 0.0625. The van der Waals surface area contributed by atoms with Crippen molar-refractivity contribution in [3.63, 3.8) is 0 Å². The van der Waals surface area contributed by atoms with Crippen LogP contribution in [0.4, 0.5) is 0 Å². The van der Waals surface area contributed by atoms with E-state index in [-0.39, 0.29) is 17.7 Å². The summed E-state index contributed by atoms with van der Waals surface area (Å²) in [4.78, 5) is 16.2. The number of hydrogen-bond acceptors (Lipinski definition) is 4. The van der Waals surface area contributed by atoms with Gasteiger partial charge in [-0.2, -0.15) is 0 Å². The predicted octanol–water partition coefficient (Wildman–Crippen LogP) is 3.24. The first-order valence-electron chi connectivity index (χ1n) is 6.61. The van der Waals surface area contributed by atoms with E-state index in [4.69, 9.17) is 16.1 Å². The van der Waals surface area contributed by atoms with Gasteiger partial charge in [-0.05, 0) is 35.4 Å². The van der Waals surface area contributed by atoms with Gasteiger partial charge in [-0.3, -0.25) is 9.78 Å². The van der Waals surface area contributed by atoms with Gasteiger partial charge in [-0.25, -0.2) is 0 Å². The van der Waals surface area contributed by atoms with Gasteiger partial charge < -0.3 is 9.84 Å². The molecule has 1 N–H and O–H groups in total. The molecule has 3 rings (SSSR count). The number of halogens is 1. The second-order valence-corrected chi connectivity index (χ2v) is 5.05. The molecule has 3 aromatic rings. The number of carbonyl (C=O) groups excluding carboxylic acids is 1. The number of nitrogens with zero attached hydrogens (tertiary/aromatic N) is 2. The van der Waals surface area contributed by atoms with Crippen molar-refractivity contribution in [1.82, 2.24) is 15.5 Å². The number of nitrogens with one attached hydrogen (secondary N) is 1. The van der Waals surface area contributed by atoms with Crippen molar-refractivity contribution >= 4 is 17.5 Å². The molecule has 6 heteroatoms. The van der Waals surface area contributed by atoms with Crippen LogP contribution in [0.3, 0.4) is 0 Å². The summed E-state index contributed by atoms with van der Waals surface area (Å²) in [5.74, 6) is -0.178. The molecule has 0 unspecified atom stereocenters. The second-order valence-electron chi connectivity index (χ2n) is 4.62. The Kier molecular flexibility index (Phi) is 4.16. The van der Waals surface area contributed by atoms with Gasteiger partial charge in [-0.1, -0.05) is 28.9 Å². The maximum absolute atomic E-state index is 12.2. The van der Waals surface area contributed by atoms with Crippen molar-refractivity contribution in [2.45, 2.75) is 6.04 Å². The monoisotopic (exact) mass is 313 g/mol. The Morgan fingerprint density at radius 1 is 1.00 bits per heavy atom. The van der Waals surface area contributed by atoms with Crippen LogP contribution < -0.4 is 5.32 Å². The largest absolute Gasteiger partial charge is 0.351 e. The van der Waals surface area contributed by atoms with Crippen LogP contribution in [0.1, 0.15) is 27.7 Å². The molecule has 0 saturated carbocycles. The lowest BCUT2D eigenvalue weighted by atomic mass is 9.99. The molecule has 1 atom stereocenters. The average molecular weight is 314 g/mol. The predicted molar refractivity (Wildman–Crippen MR) is 81.5 cm³/mol. The summed E-state index contributed by atoms with van der Waals surface area (Å²) < 4.78 is 4.89. The van der Waals surface area contributed by atoms with Crippen molar-refractivity contribution < 1.29 is 9.32 Å². The first-order chi connectivity index (χ1) is 10.7. The van der Waals surface area contributed by atoms with Gasteiger partial charge in [-0.15, -0.1) is 0 Å². The first kappa shape index (κ1) is 14.3. The molecule has 0 radical (unpaired) electrons. The lowest BCUT2D eigenvalue weighted by Gasteiger charge is -2.19. The Morgan fingerprint density at radius 3 is 2.32 bits per heavy atom. The first-order valence-corrected chi connectivity index (χ1v) is 6.99. The van der Waals surface area contributed by atoms with Crippen molar-refractivity contribution in [1.29, 1.82) is 0 Å². The van der Waals surface area contributed by atoms with Crippen molar-refractivity contribution in [2.24, 2.45) is 0 Å². The van der Waals surface area contributed by atoms with E-state index in [9.17, 15) is 4.79 Å². The Labute approximate surface area is 131 Å². The second kappa shape index (κ2) is 6.41. The summed E-state index contributed by atoms with van der Waals surface area (Å²) in [6.07, 6.45) is 4.79. The van der Waals surface area contributed by atoms with Crippen LogP contribution in [0.2, 0.25) is 5.02 Å². The highest BCUT2D eigenvalue weighted by Gasteiger charge is 2.19. The molecule has 0 aliphatic rings. The molecular weight excluding hydrogens is 302 g/mol. The molecule has 1 aromatic carbocycles. The van der Waals surface area contributed by atoms with E-state index in [0.717, 1.165) is 11.1 Å². The van der Waals surface area contributed by atoms with E-state index in [1.807, 2.05) is 24.3 Å². The number of carbonyl (C=O) groups is 1. The molecule has 0 saturated heterocycles. The molecule has 0 fully saturated rings. The lowest BCUT2D eigenvalue weighted by Crippen LogP contribution is -2.29. The summed E-state index contributed by atoms with van der Waals surface area (Å²) in [6, 6.07) is 12.2. The quantitative estimate of drug-likeness (QED) is 0.803. The molecule has 0 aliphatic carbocycles. The molecule has 0 bridgehead atoms. The lowest BCUT2D eigenvalue weighted by molar-refractivity contribution is 0.0906. The summed E-state index contributed by atoms with van der Waals surface area (Å²) in [7, 11) is 0. The molecule has 0 aliphatic heterocycles. The van der Waals surface area contributed by atoms with Gasteiger partial charge in [0.2, 0.25) is 5.76 Å². The molecule has 1 amide bonds. The van der Waals surface area contributed by atoms with Gasteiger partial charge in [0.15, 0.2) is 0 Å². The van der Waals surface area contributed by atoms with Crippen LogP contribution in [0.5, 0.6) is 0 Å². The number of pyridine rings is 1.